The van der Waals surface area contributed by atoms with Crippen LogP contribution in [0.3, 0.4) is 0 Å². The molecule has 8 nitrogen and oxygen atoms in total. The quantitative estimate of drug-likeness (QED) is 0.691. The van der Waals surface area contributed by atoms with Gasteiger partial charge in [-0.2, -0.15) is 5.26 Å². The van der Waals surface area contributed by atoms with Crippen LogP contribution in [0.15, 0.2) is 21.6 Å². The van der Waals surface area contributed by atoms with E-state index in [0.717, 1.165) is 0 Å². The third-order valence-electron chi connectivity index (χ3n) is 3.04. The molecule has 0 saturated heterocycles. The van der Waals surface area contributed by atoms with Crippen molar-refractivity contribution in [1.82, 2.24) is 14.6 Å². The Hall–Kier alpha value is -3.21. The summed E-state index contributed by atoms with van der Waals surface area (Å²) >= 11 is 0. The first-order valence-electron chi connectivity index (χ1n) is 5.48. The minimum Gasteiger partial charge on any atom is -0.477 e. The molecule has 0 spiro atoms. The molecule has 0 amide bonds. The maximum Gasteiger partial charge on any atom is 0.352 e. The highest BCUT2D eigenvalue weighted by Crippen LogP contribution is 2.24. The molecule has 0 radical (unpaired) electrons. The van der Waals surface area contributed by atoms with E-state index in [9.17, 15) is 14.9 Å². The molecule has 3 heterocycles. The number of nitriles is 1. The maximum atomic E-state index is 11.6. The number of pyridine rings is 1. The van der Waals surface area contributed by atoms with E-state index in [1.165, 1.54) is 16.8 Å². The fraction of sp³-hybridized carbons (Fsp3) is 0.0833. The second-order valence-corrected chi connectivity index (χ2v) is 4.11. The molecular weight excluding hydrogens is 264 g/mol. The first-order chi connectivity index (χ1) is 9.54. The van der Waals surface area contributed by atoms with Crippen LogP contribution in [0.4, 0.5) is 0 Å². The number of carboxylic acids is 1. The molecule has 0 aliphatic carbocycles. The van der Waals surface area contributed by atoms with Crippen LogP contribution in [0, 0.1) is 18.3 Å². The van der Waals surface area contributed by atoms with Gasteiger partial charge in [-0.1, -0.05) is 0 Å². The van der Waals surface area contributed by atoms with Gasteiger partial charge in [-0.3, -0.25) is 0 Å². The summed E-state index contributed by atoms with van der Waals surface area (Å²) in [5.74, 6) is -1.39. The molecule has 0 aliphatic heterocycles. The van der Waals surface area contributed by atoms with E-state index in [2.05, 4.69) is 10.2 Å². The molecule has 1 N–H and O–H groups in total. The number of nitrogens with zero attached hydrogens (tertiary/aromatic N) is 4. The van der Waals surface area contributed by atoms with Crippen LogP contribution in [0.5, 0.6) is 0 Å². The van der Waals surface area contributed by atoms with Gasteiger partial charge in [0.25, 0.3) is 0 Å². The zero-order valence-electron chi connectivity index (χ0n) is 10.1. The van der Waals surface area contributed by atoms with Crippen LogP contribution < -0.4 is 5.63 Å². The highest BCUT2D eigenvalue weighted by molar-refractivity contribution is 5.93. The highest BCUT2D eigenvalue weighted by Gasteiger charge is 2.19. The zero-order chi connectivity index (χ0) is 14.4. The van der Waals surface area contributed by atoms with Crippen LogP contribution in [0.2, 0.25) is 0 Å². The van der Waals surface area contributed by atoms with Gasteiger partial charge in [0.2, 0.25) is 5.71 Å². The van der Waals surface area contributed by atoms with Gasteiger partial charge in [-0.25, -0.2) is 14.0 Å². The van der Waals surface area contributed by atoms with Gasteiger partial charge in [0, 0.05) is 5.39 Å². The van der Waals surface area contributed by atoms with Gasteiger partial charge in [0.15, 0.2) is 5.65 Å². The molecule has 0 aromatic carbocycles. The summed E-state index contributed by atoms with van der Waals surface area (Å²) in [6, 6.07) is 3.18. The molecule has 8 heteroatoms. The molecule has 20 heavy (non-hydrogen) atoms. The van der Waals surface area contributed by atoms with E-state index < -0.39 is 17.2 Å². The Morgan fingerprint density at radius 2 is 2.30 bits per heavy atom. The molecule has 0 aliphatic rings. The predicted molar refractivity (Wildman–Crippen MR) is 65.4 cm³/mol. The predicted octanol–water partition coefficient (Wildman–Crippen LogP) is 0.714. The van der Waals surface area contributed by atoms with Crippen LogP contribution >= 0.6 is 0 Å². The van der Waals surface area contributed by atoms with Crippen LogP contribution in [-0.4, -0.2) is 25.7 Å². The molecule has 0 saturated carbocycles. The lowest BCUT2D eigenvalue weighted by molar-refractivity contribution is 0.0692. The van der Waals surface area contributed by atoms with Crippen molar-refractivity contribution in [1.29, 1.82) is 5.26 Å². The number of aromatic carboxylic acids is 1. The van der Waals surface area contributed by atoms with Gasteiger partial charge in [0.05, 0.1) is 0 Å². The van der Waals surface area contributed by atoms with Gasteiger partial charge in [-0.05, 0) is 18.6 Å². The van der Waals surface area contributed by atoms with Crippen molar-refractivity contribution in [2.24, 2.45) is 0 Å². The van der Waals surface area contributed by atoms with E-state index in [0.29, 0.717) is 10.9 Å². The Kier molecular flexibility index (Phi) is 2.31. The average molecular weight is 270 g/mol. The summed E-state index contributed by atoms with van der Waals surface area (Å²) in [6.45, 7) is 1.63. The molecule has 0 unspecified atom stereocenters. The summed E-state index contributed by atoms with van der Waals surface area (Å²) < 4.78 is 6.38. The Morgan fingerprint density at radius 3 is 2.95 bits per heavy atom. The number of carboxylic acid groups (broad SMARTS) is 1. The van der Waals surface area contributed by atoms with Crippen molar-refractivity contribution in [3.8, 4) is 6.07 Å². The summed E-state index contributed by atoms with van der Waals surface area (Å²) in [7, 11) is 0. The van der Waals surface area contributed by atoms with Crippen molar-refractivity contribution >= 4 is 22.7 Å². The Balaban J connectivity index is 2.63. The second-order valence-electron chi connectivity index (χ2n) is 4.11. The van der Waals surface area contributed by atoms with E-state index in [1.807, 2.05) is 6.07 Å². The lowest BCUT2D eigenvalue weighted by Crippen LogP contribution is -2.14. The molecule has 0 atom stereocenters. The van der Waals surface area contributed by atoms with Crippen LogP contribution in [0.25, 0.3) is 16.7 Å². The second kappa shape index (κ2) is 3.89. The van der Waals surface area contributed by atoms with Crippen LogP contribution in [0.1, 0.15) is 21.5 Å². The van der Waals surface area contributed by atoms with Gasteiger partial charge in [-0.15, -0.1) is 10.2 Å². The summed E-state index contributed by atoms with van der Waals surface area (Å²) in [6.07, 6.45) is 1.29. The third-order valence-corrected chi connectivity index (χ3v) is 3.04. The van der Waals surface area contributed by atoms with Crippen molar-refractivity contribution in [2.75, 3.05) is 0 Å². The number of aryl methyl sites for hydroxylation is 1. The number of hydrogen-bond acceptors (Lipinski definition) is 6. The van der Waals surface area contributed by atoms with E-state index in [4.69, 9.17) is 9.52 Å². The normalized spacial score (nSPS) is 10.8. The Bertz CT molecular complexity index is 977. The lowest BCUT2D eigenvalue weighted by Gasteiger charge is -2.06. The average Bonchev–Trinajstić information content (AvgIpc) is 2.87. The van der Waals surface area contributed by atoms with E-state index >= 15 is 0 Å². The summed E-state index contributed by atoms with van der Waals surface area (Å²) in [5, 5.41) is 26.0. The molecule has 0 bridgehead atoms. The lowest BCUT2D eigenvalue weighted by atomic mass is 10.1. The zero-order valence-corrected chi connectivity index (χ0v) is 10.1. The number of hydrogen-bond donors (Lipinski definition) is 1. The third kappa shape index (κ3) is 1.40. The van der Waals surface area contributed by atoms with E-state index in [1.54, 1.807) is 6.92 Å². The molecule has 3 aromatic rings. The van der Waals surface area contributed by atoms with Gasteiger partial charge < -0.3 is 9.52 Å². The molecule has 3 rings (SSSR count). The van der Waals surface area contributed by atoms with Crippen molar-refractivity contribution in [3.05, 3.63) is 39.5 Å². The summed E-state index contributed by atoms with van der Waals surface area (Å²) in [5.41, 5.74) is -0.365. The van der Waals surface area contributed by atoms with Gasteiger partial charge >= 0.3 is 11.6 Å². The van der Waals surface area contributed by atoms with Crippen molar-refractivity contribution in [2.45, 2.75) is 6.92 Å². The fourth-order valence-electron chi connectivity index (χ4n) is 2.05. The first-order valence-corrected chi connectivity index (χ1v) is 5.48. The van der Waals surface area contributed by atoms with Crippen molar-refractivity contribution in [3.63, 3.8) is 0 Å². The molecular formula is C12H6N4O4. The monoisotopic (exact) mass is 270 g/mol. The first kappa shape index (κ1) is 11.9. The maximum absolute atomic E-state index is 11.6. The SMILES string of the molecule is Cc1c(C#N)c2nncn2c2oc(=O)c(C(=O)O)cc12. The molecule has 3 aromatic heterocycles. The van der Waals surface area contributed by atoms with Crippen LogP contribution in [-0.2, 0) is 0 Å². The molecule has 98 valence electrons. The van der Waals surface area contributed by atoms with Crippen molar-refractivity contribution < 1.29 is 14.3 Å². The number of fused-ring (bicyclic) bond motifs is 3. The van der Waals surface area contributed by atoms with Gasteiger partial charge in [0.1, 0.15) is 23.5 Å². The fourth-order valence-corrected chi connectivity index (χ4v) is 2.05. The molecule has 0 fully saturated rings. The minimum atomic E-state index is -1.39. The minimum absolute atomic E-state index is 0.108. The summed E-state index contributed by atoms with van der Waals surface area (Å²) in [4.78, 5) is 22.6. The number of aromatic nitrogens is 3. The number of rotatable bonds is 1. The van der Waals surface area contributed by atoms with E-state index in [-0.39, 0.29) is 16.9 Å². The smallest absolute Gasteiger partial charge is 0.352 e. The Morgan fingerprint density at radius 1 is 1.55 bits per heavy atom. The number of carbonyl (C=O) groups is 1. The topological polar surface area (TPSA) is 121 Å². The largest absolute Gasteiger partial charge is 0.477 e. The highest BCUT2D eigenvalue weighted by atomic mass is 16.4. The standard InChI is InChI=1S/C12H6N4O4/c1-5-6-2-7(11(17)18)12(19)20-10(6)16-4-14-15-9(16)8(5)3-13/h2,4H,1H3,(H,17,18). The Labute approximate surface area is 110 Å².